The number of hydrogen-bond donors (Lipinski definition) is 1. The summed E-state index contributed by atoms with van der Waals surface area (Å²) in [5.74, 6) is -0.153. The van der Waals surface area contributed by atoms with Crippen molar-refractivity contribution in [2.75, 3.05) is 0 Å². The molecule has 0 aromatic heterocycles. The number of primary amides is 1. The standard InChI is InChI=1S/C18H37NO.CH4/c1-2-3-4-5-6-7-8-9-10-11-12-13-14-15-16-17-18(19)20;/h2-17H2,1H3,(H2,19,20);1H4. The highest BCUT2D eigenvalue weighted by Crippen LogP contribution is 2.13. The molecule has 2 N–H and O–H groups in total. The molecule has 0 heterocycles. The van der Waals surface area contributed by atoms with E-state index >= 15 is 0 Å². The van der Waals surface area contributed by atoms with E-state index in [1.165, 1.54) is 89.9 Å². The molecule has 0 saturated carbocycles. The Balaban J connectivity index is 0. The van der Waals surface area contributed by atoms with E-state index in [4.69, 9.17) is 5.73 Å². The Labute approximate surface area is 134 Å². The third-order valence-electron chi connectivity index (χ3n) is 4.03. The topological polar surface area (TPSA) is 43.1 Å². The Kier molecular flexibility index (Phi) is 21.1. The predicted octanol–water partition coefficient (Wildman–Crippen LogP) is 6.37. The Morgan fingerprint density at radius 3 is 1.19 bits per heavy atom. The Bertz CT molecular complexity index is 204. The van der Waals surface area contributed by atoms with Crippen molar-refractivity contribution in [3.05, 3.63) is 0 Å². The van der Waals surface area contributed by atoms with Gasteiger partial charge in [0.1, 0.15) is 0 Å². The fourth-order valence-corrected chi connectivity index (χ4v) is 2.67. The van der Waals surface area contributed by atoms with E-state index in [9.17, 15) is 4.79 Å². The molecule has 0 aromatic rings. The Morgan fingerprint density at radius 2 is 0.905 bits per heavy atom. The van der Waals surface area contributed by atoms with Gasteiger partial charge >= 0.3 is 0 Å². The van der Waals surface area contributed by atoms with Gasteiger partial charge in [0, 0.05) is 6.42 Å². The van der Waals surface area contributed by atoms with E-state index in [0.717, 1.165) is 6.42 Å². The number of amides is 1. The van der Waals surface area contributed by atoms with Gasteiger partial charge in [-0.25, -0.2) is 0 Å². The summed E-state index contributed by atoms with van der Waals surface area (Å²) in [4.78, 5) is 10.6. The molecule has 0 aliphatic carbocycles. The smallest absolute Gasteiger partial charge is 0.217 e. The molecule has 2 heteroatoms. The molecule has 21 heavy (non-hydrogen) atoms. The monoisotopic (exact) mass is 299 g/mol. The summed E-state index contributed by atoms with van der Waals surface area (Å²) in [5.41, 5.74) is 5.11. The largest absolute Gasteiger partial charge is 0.370 e. The van der Waals surface area contributed by atoms with Crippen molar-refractivity contribution >= 4 is 5.91 Å². The third kappa shape index (κ3) is 21.9. The molecule has 128 valence electrons. The summed E-state index contributed by atoms with van der Waals surface area (Å²) in [6, 6.07) is 0. The van der Waals surface area contributed by atoms with Crippen molar-refractivity contribution in [2.45, 2.75) is 117 Å². The van der Waals surface area contributed by atoms with Crippen LogP contribution < -0.4 is 5.73 Å². The minimum absolute atomic E-state index is 0. The van der Waals surface area contributed by atoms with Crippen molar-refractivity contribution in [3.63, 3.8) is 0 Å². The number of carbonyl (C=O) groups excluding carboxylic acids is 1. The highest BCUT2D eigenvalue weighted by molar-refractivity contribution is 5.73. The van der Waals surface area contributed by atoms with Gasteiger partial charge in [-0.15, -0.1) is 0 Å². The van der Waals surface area contributed by atoms with Gasteiger partial charge in [0.15, 0.2) is 0 Å². The molecule has 2 nitrogen and oxygen atoms in total. The van der Waals surface area contributed by atoms with Gasteiger partial charge in [-0.1, -0.05) is 104 Å². The highest BCUT2D eigenvalue weighted by Gasteiger charge is 1.96. The summed E-state index contributed by atoms with van der Waals surface area (Å²) in [6.45, 7) is 2.28. The lowest BCUT2D eigenvalue weighted by atomic mass is 10.0. The van der Waals surface area contributed by atoms with E-state index in [1.807, 2.05) is 0 Å². The van der Waals surface area contributed by atoms with Crippen LogP contribution in [-0.4, -0.2) is 5.91 Å². The molecule has 0 aliphatic rings. The third-order valence-corrected chi connectivity index (χ3v) is 4.03. The molecule has 0 spiro atoms. The van der Waals surface area contributed by atoms with Crippen LogP contribution in [0, 0.1) is 0 Å². The maximum absolute atomic E-state index is 10.6. The van der Waals surface area contributed by atoms with Gasteiger partial charge < -0.3 is 5.73 Å². The van der Waals surface area contributed by atoms with Crippen molar-refractivity contribution < 1.29 is 4.79 Å². The van der Waals surface area contributed by atoms with Crippen LogP contribution in [0.25, 0.3) is 0 Å². The predicted molar refractivity (Wildman–Crippen MR) is 95.5 cm³/mol. The summed E-state index contributed by atoms with van der Waals surface area (Å²) in [7, 11) is 0. The average molecular weight is 300 g/mol. The first-order valence-electron chi connectivity index (χ1n) is 9.05. The number of rotatable bonds is 16. The first-order chi connectivity index (χ1) is 9.77. The Morgan fingerprint density at radius 1 is 0.619 bits per heavy atom. The normalized spacial score (nSPS) is 10.3. The molecule has 0 bridgehead atoms. The SMILES string of the molecule is C.CCCCCCCCCCCCCCCCCC(N)=O. The van der Waals surface area contributed by atoms with Gasteiger partial charge in [0.2, 0.25) is 5.91 Å². The zero-order chi connectivity index (χ0) is 14.9. The van der Waals surface area contributed by atoms with Gasteiger partial charge in [-0.3, -0.25) is 4.79 Å². The molecule has 0 radical (unpaired) electrons. The average Bonchev–Trinajstić information content (AvgIpc) is 2.43. The lowest BCUT2D eigenvalue weighted by Gasteiger charge is -2.03. The summed E-state index contributed by atoms with van der Waals surface area (Å²) < 4.78 is 0. The molecule has 0 unspecified atom stereocenters. The van der Waals surface area contributed by atoms with Crippen molar-refractivity contribution in [1.82, 2.24) is 0 Å². The van der Waals surface area contributed by atoms with Gasteiger partial charge in [-0.2, -0.15) is 0 Å². The number of unbranched alkanes of at least 4 members (excludes halogenated alkanes) is 14. The highest BCUT2D eigenvalue weighted by atomic mass is 16.1. The van der Waals surface area contributed by atoms with Crippen LogP contribution >= 0.6 is 0 Å². The van der Waals surface area contributed by atoms with Crippen LogP contribution in [0.1, 0.15) is 117 Å². The molecule has 0 aliphatic heterocycles. The van der Waals surface area contributed by atoms with E-state index in [0.29, 0.717) is 6.42 Å². The van der Waals surface area contributed by atoms with Crippen LogP contribution in [0.2, 0.25) is 0 Å². The van der Waals surface area contributed by atoms with Crippen LogP contribution in [-0.2, 0) is 4.79 Å². The molecule has 0 rings (SSSR count). The second-order valence-electron chi connectivity index (χ2n) is 6.17. The minimum atomic E-state index is -0.153. The van der Waals surface area contributed by atoms with Crippen LogP contribution in [0.15, 0.2) is 0 Å². The molecule has 0 aromatic carbocycles. The number of carbonyl (C=O) groups is 1. The first-order valence-corrected chi connectivity index (χ1v) is 9.05. The number of hydrogen-bond acceptors (Lipinski definition) is 1. The maximum Gasteiger partial charge on any atom is 0.217 e. The zero-order valence-corrected chi connectivity index (χ0v) is 13.8. The maximum atomic E-state index is 10.6. The van der Waals surface area contributed by atoms with Gasteiger partial charge in [-0.05, 0) is 6.42 Å². The minimum Gasteiger partial charge on any atom is -0.370 e. The summed E-state index contributed by atoms with van der Waals surface area (Å²) in [6.07, 6.45) is 20.9. The second-order valence-corrected chi connectivity index (χ2v) is 6.17. The first kappa shape index (κ1) is 22.7. The van der Waals surface area contributed by atoms with Crippen LogP contribution in [0.4, 0.5) is 0 Å². The molecule has 1 amide bonds. The quantitative estimate of drug-likeness (QED) is 0.331. The fraction of sp³-hybridized carbons (Fsp3) is 0.947. The zero-order valence-electron chi connectivity index (χ0n) is 13.8. The molecular weight excluding hydrogens is 258 g/mol. The lowest BCUT2D eigenvalue weighted by molar-refractivity contribution is -0.118. The van der Waals surface area contributed by atoms with Crippen molar-refractivity contribution in [1.29, 1.82) is 0 Å². The van der Waals surface area contributed by atoms with E-state index in [-0.39, 0.29) is 13.3 Å². The lowest BCUT2D eigenvalue weighted by Crippen LogP contribution is -2.09. The molecule has 0 atom stereocenters. The van der Waals surface area contributed by atoms with Crippen molar-refractivity contribution in [3.8, 4) is 0 Å². The summed E-state index contributed by atoms with van der Waals surface area (Å²) >= 11 is 0. The van der Waals surface area contributed by atoms with E-state index in [1.54, 1.807) is 0 Å². The Hall–Kier alpha value is -0.530. The van der Waals surface area contributed by atoms with E-state index < -0.39 is 0 Å². The van der Waals surface area contributed by atoms with Crippen molar-refractivity contribution in [2.24, 2.45) is 5.73 Å². The van der Waals surface area contributed by atoms with Gasteiger partial charge in [0.05, 0.1) is 0 Å². The van der Waals surface area contributed by atoms with E-state index in [2.05, 4.69) is 6.92 Å². The van der Waals surface area contributed by atoms with Crippen LogP contribution in [0.3, 0.4) is 0 Å². The fourth-order valence-electron chi connectivity index (χ4n) is 2.67. The molecule has 0 fully saturated rings. The molecule has 0 saturated heterocycles. The molecular formula is C19H41NO. The van der Waals surface area contributed by atoms with Crippen LogP contribution in [0.5, 0.6) is 0 Å². The number of nitrogens with two attached hydrogens (primary N) is 1. The van der Waals surface area contributed by atoms with Gasteiger partial charge in [0.25, 0.3) is 0 Å². The second kappa shape index (κ2) is 19.5. The summed E-state index contributed by atoms with van der Waals surface area (Å²) in [5, 5.41) is 0.